The highest BCUT2D eigenvalue weighted by Crippen LogP contribution is 2.18. The van der Waals surface area contributed by atoms with Gasteiger partial charge in [-0.15, -0.1) is 5.10 Å². The molecule has 1 atom stereocenters. The van der Waals surface area contributed by atoms with Crippen LogP contribution in [0.5, 0.6) is 0 Å². The van der Waals surface area contributed by atoms with Gasteiger partial charge in [0.25, 0.3) is 5.78 Å². The van der Waals surface area contributed by atoms with Gasteiger partial charge in [0.15, 0.2) is 5.76 Å². The topological polar surface area (TPSA) is 131 Å². The number of nitrogen functional groups attached to an aromatic ring is 1. The lowest BCUT2D eigenvalue weighted by Crippen LogP contribution is -2.52. The van der Waals surface area contributed by atoms with Crippen molar-refractivity contribution < 1.29 is 9.21 Å². The van der Waals surface area contributed by atoms with Crippen LogP contribution in [0.2, 0.25) is 0 Å². The van der Waals surface area contributed by atoms with E-state index in [-0.39, 0.29) is 23.6 Å². The molecule has 4 aromatic rings. The second-order valence-corrected chi connectivity index (χ2v) is 7.98. The third-order valence-electron chi connectivity index (χ3n) is 5.62. The molecule has 0 spiro atoms. The van der Waals surface area contributed by atoms with E-state index in [9.17, 15) is 4.79 Å². The average molecular weight is 448 g/mol. The van der Waals surface area contributed by atoms with Gasteiger partial charge < -0.3 is 20.4 Å². The molecule has 1 aliphatic rings. The van der Waals surface area contributed by atoms with E-state index in [0.717, 1.165) is 19.6 Å². The normalized spacial score (nSPS) is 15.6. The molecule has 4 heterocycles. The lowest BCUT2D eigenvalue weighted by atomic mass is 10.2. The molecular formula is C22H25N9O2. The first kappa shape index (κ1) is 20.9. The molecule has 1 fully saturated rings. The van der Waals surface area contributed by atoms with Gasteiger partial charge in [0.1, 0.15) is 6.04 Å². The number of amides is 1. The van der Waals surface area contributed by atoms with Gasteiger partial charge >= 0.3 is 0 Å². The summed E-state index contributed by atoms with van der Waals surface area (Å²) in [4.78, 5) is 30.2. The van der Waals surface area contributed by atoms with Crippen molar-refractivity contribution in [3.8, 4) is 11.6 Å². The maximum Gasteiger partial charge on any atom is 0.259 e. The molecule has 0 radical (unpaired) electrons. The summed E-state index contributed by atoms with van der Waals surface area (Å²) in [6, 6.07) is 13.3. The molecule has 5 rings (SSSR count). The third kappa shape index (κ3) is 4.48. The molecule has 0 aliphatic carbocycles. The number of benzene rings is 1. The Bertz CT molecular complexity index is 1230. The summed E-state index contributed by atoms with van der Waals surface area (Å²) in [6.07, 6.45) is 1.54. The van der Waals surface area contributed by atoms with Crippen LogP contribution in [-0.4, -0.2) is 72.5 Å². The van der Waals surface area contributed by atoms with Crippen LogP contribution in [0.25, 0.3) is 17.4 Å². The monoisotopic (exact) mass is 447 g/mol. The van der Waals surface area contributed by atoms with Crippen LogP contribution in [0, 0.1) is 0 Å². The van der Waals surface area contributed by atoms with Crippen molar-refractivity contribution in [3.63, 3.8) is 0 Å². The SMILES string of the molecule is C[C@H](Nc1nc(N)n2nc(-c3ccco3)nc2n1)C(=O)N1CCN(Cc2ccccc2)CC1. The van der Waals surface area contributed by atoms with Gasteiger partial charge in [0.2, 0.25) is 23.6 Å². The number of aromatic nitrogens is 5. The van der Waals surface area contributed by atoms with E-state index in [1.54, 1.807) is 19.1 Å². The number of anilines is 2. The summed E-state index contributed by atoms with van der Waals surface area (Å²) >= 11 is 0. The number of carbonyl (C=O) groups is 1. The number of piperazine rings is 1. The maximum atomic E-state index is 13.0. The van der Waals surface area contributed by atoms with Crippen LogP contribution in [0.3, 0.4) is 0 Å². The van der Waals surface area contributed by atoms with E-state index in [1.807, 2.05) is 23.1 Å². The van der Waals surface area contributed by atoms with Crippen molar-refractivity contribution >= 4 is 23.6 Å². The minimum atomic E-state index is -0.514. The van der Waals surface area contributed by atoms with Crippen LogP contribution >= 0.6 is 0 Å². The molecule has 170 valence electrons. The fourth-order valence-corrected chi connectivity index (χ4v) is 3.88. The second kappa shape index (κ2) is 8.87. The summed E-state index contributed by atoms with van der Waals surface area (Å²) in [7, 11) is 0. The summed E-state index contributed by atoms with van der Waals surface area (Å²) in [6.45, 7) is 5.70. The van der Waals surface area contributed by atoms with Crippen LogP contribution < -0.4 is 11.1 Å². The van der Waals surface area contributed by atoms with Crippen molar-refractivity contribution in [2.45, 2.75) is 19.5 Å². The quantitative estimate of drug-likeness (QED) is 0.451. The zero-order valence-electron chi connectivity index (χ0n) is 18.3. The molecule has 0 bridgehead atoms. The molecule has 33 heavy (non-hydrogen) atoms. The van der Waals surface area contributed by atoms with Gasteiger partial charge in [0, 0.05) is 32.7 Å². The van der Waals surface area contributed by atoms with Crippen LogP contribution in [0.4, 0.5) is 11.9 Å². The van der Waals surface area contributed by atoms with Crippen molar-refractivity contribution in [2.24, 2.45) is 0 Å². The Hall–Kier alpha value is -3.99. The first-order valence-corrected chi connectivity index (χ1v) is 10.8. The maximum absolute atomic E-state index is 13.0. The first-order chi connectivity index (χ1) is 16.1. The summed E-state index contributed by atoms with van der Waals surface area (Å²) in [5.74, 6) is 1.46. The molecule has 11 heteroatoms. The summed E-state index contributed by atoms with van der Waals surface area (Å²) in [5.41, 5.74) is 7.31. The van der Waals surface area contributed by atoms with Crippen molar-refractivity contribution in [2.75, 3.05) is 37.2 Å². The molecular weight excluding hydrogens is 422 g/mol. The first-order valence-electron chi connectivity index (χ1n) is 10.8. The molecule has 1 aliphatic heterocycles. The number of fused-ring (bicyclic) bond motifs is 1. The highest BCUT2D eigenvalue weighted by Gasteiger charge is 2.26. The molecule has 11 nitrogen and oxygen atoms in total. The molecule has 0 saturated carbocycles. The Balaban J connectivity index is 1.21. The lowest BCUT2D eigenvalue weighted by Gasteiger charge is -2.36. The number of furan rings is 1. The number of nitrogens with zero attached hydrogens (tertiary/aromatic N) is 7. The van der Waals surface area contributed by atoms with Crippen molar-refractivity contribution in [1.82, 2.24) is 34.4 Å². The van der Waals surface area contributed by atoms with E-state index in [1.165, 1.54) is 16.3 Å². The van der Waals surface area contributed by atoms with Gasteiger partial charge in [-0.2, -0.15) is 19.5 Å². The Morgan fingerprint density at radius 2 is 1.88 bits per heavy atom. The largest absolute Gasteiger partial charge is 0.461 e. The molecule has 3 N–H and O–H groups in total. The molecule has 1 aromatic carbocycles. The highest BCUT2D eigenvalue weighted by atomic mass is 16.3. The van der Waals surface area contributed by atoms with Crippen LogP contribution in [-0.2, 0) is 11.3 Å². The molecule has 1 amide bonds. The predicted molar refractivity (Wildman–Crippen MR) is 122 cm³/mol. The lowest BCUT2D eigenvalue weighted by molar-refractivity contribution is -0.133. The number of nitrogens with two attached hydrogens (primary N) is 1. The van der Waals surface area contributed by atoms with E-state index < -0.39 is 6.04 Å². The minimum absolute atomic E-state index is 0.00542. The Morgan fingerprint density at radius 1 is 1.09 bits per heavy atom. The number of hydrogen-bond donors (Lipinski definition) is 2. The zero-order chi connectivity index (χ0) is 22.8. The minimum Gasteiger partial charge on any atom is -0.461 e. The summed E-state index contributed by atoms with van der Waals surface area (Å²) in [5, 5.41) is 7.33. The predicted octanol–water partition coefficient (Wildman–Crippen LogP) is 1.51. The molecule has 3 aromatic heterocycles. The Kier molecular flexibility index (Phi) is 5.61. The van der Waals surface area contributed by atoms with E-state index >= 15 is 0 Å². The second-order valence-electron chi connectivity index (χ2n) is 7.98. The van der Waals surface area contributed by atoms with Gasteiger partial charge in [-0.05, 0) is 24.6 Å². The van der Waals surface area contributed by atoms with Gasteiger partial charge in [0.05, 0.1) is 6.26 Å². The van der Waals surface area contributed by atoms with Crippen molar-refractivity contribution in [1.29, 1.82) is 0 Å². The van der Waals surface area contributed by atoms with Crippen LogP contribution in [0.1, 0.15) is 12.5 Å². The number of carbonyl (C=O) groups excluding carboxylic acids is 1. The number of hydrogen-bond acceptors (Lipinski definition) is 9. The van der Waals surface area contributed by atoms with E-state index in [0.29, 0.717) is 24.7 Å². The Morgan fingerprint density at radius 3 is 2.61 bits per heavy atom. The summed E-state index contributed by atoms with van der Waals surface area (Å²) < 4.78 is 6.66. The van der Waals surface area contributed by atoms with E-state index in [4.69, 9.17) is 10.2 Å². The number of nitrogens with one attached hydrogen (secondary N) is 1. The fraction of sp³-hybridized carbons (Fsp3) is 0.318. The molecule has 0 unspecified atom stereocenters. The number of rotatable bonds is 6. The fourth-order valence-electron chi connectivity index (χ4n) is 3.88. The zero-order valence-corrected chi connectivity index (χ0v) is 18.3. The standard InChI is InChI=1S/C22H25N9O2/c1-15(19(32)30-11-9-29(10-12-30)14-16-6-3-2-4-7-16)24-21-26-20(23)31-22(27-21)25-18(28-31)17-8-5-13-33-17/h2-8,13,15H,9-12,14H2,1H3,(H3,23,24,25,26,27,28)/t15-/m0/s1. The highest BCUT2D eigenvalue weighted by molar-refractivity contribution is 5.84. The smallest absolute Gasteiger partial charge is 0.259 e. The van der Waals surface area contributed by atoms with E-state index in [2.05, 4.69) is 42.4 Å². The average Bonchev–Trinajstić information content (AvgIpc) is 3.50. The Labute approximate surface area is 190 Å². The van der Waals surface area contributed by atoms with Gasteiger partial charge in [-0.1, -0.05) is 30.3 Å². The van der Waals surface area contributed by atoms with Gasteiger partial charge in [-0.3, -0.25) is 9.69 Å². The van der Waals surface area contributed by atoms with Gasteiger partial charge in [-0.25, -0.2) is 0 Å². The van der Waals surface area contributed by atoms with Crippen LogP contribution in [0.15, 0.2) is 53.1 Å². The van der Waals surface area contributed by atoms with Crippen molar-refractivity contribution in [3.05, 3.63) is 54.3 Å². The molecule has 1 saturated heterocycles. The third-order valence-corrected chi connectivity index (χ3v) is 5.62.